The Kier molecular flexibility index (Phi) is 5.83. The van der Waals surface area contributed by atoms with Gasteiger partial charge in [0.2, 0.25) is 5.95 Å². The molecule has 0 spiro atoms. The Morgan fingerprint density at radius 1 is 0.917 bits per heavy atom. The highest BCUT2D eigenvalue weighted by molar-refractivity contribution is 6.33. The molecule has 4 heterocycles. The van der Waals surface area contributed by atoms with Gasteiger partial charge in [0.1, 0.15) is 16.9 Å². The standard InChI is InChI=1S/C27H23ClFN7/c1-35-11-13-36(14-12-35)18-7-5-17(6-8-18)32-27-31-16-23-25(34-27)20-15-30-10-9-19(20)26(33-23)24-21(28)3-2-4-22(24)29/h2-10,15-16H,11-14H2,1H3,(H,31,32,34). The minimum atomic E-state index is -0.438. The van der Waals surface area contributed by atoms with E-state index in [4.69, 9.17) is 21.6 Å². The Bertz CT molecular complexity index is 1550. The summed E-state index contributed by atoms with van der Waals surface area (Å²) in [6.45, 7) is 4.16. The maximum atomic E-state index is 14.7. The SMILES string of the molecule is CN1CCN(c2ccc(Nc3ncc4nc(-c5c(F)cccc5Cl)c5ccncc5c4n3)cc2)CC1. The van der Waals surface area contributed by atoms with Crippen LogP contribution in [0.4, 0.5) is 21.7 Å². The van der Waals surface area contributed by atoms with Crippen LogP contribution in [0.15, 0.2) is 67.1 Å². The van der Waals surface area contributed by atoms with E-state index in [9.17, 15) is 4.39 Å². The number of benzene rings is 2. The number of nitrogens with zero attached hydrogens (tertiary/aromatic N) is 6. The summed E-state index contributed by atoms with van der Waals surface area (Å²) in [6, 6.07) is 14.7. The third-order valence-corrected chi connectivity index (χ3v) is 6.84. The number of pyridine rings is 2. The molecule has 0 atom stereocenters. The lowest BCUT2D eigenvalue weighted by Crippen LogP contribution is -2.44. The van der Waals surface area contributed by atoms with Crippen LogP contribution >= 0.6 is 11.6 Å². The first-order chi connectivity index (χ1) is 17.6. The summed E-state index contributed by atoms with van der Waals surface area (Å²) in [7, 11) is 2.15. The van der Waals surface area contributed by atoms with Crippen LogP contribution in [0.25, 0.3) is 33.1 Å². The molecule has 7 nitrogen and oxygen atoms in total. The number of anilines is 3. The Labute approximate surface area is 212 Å². The Morgan fingerprint density at radius 2 is 1.72 bits per heavy atom. The van der Waals surface area contributed by atoms with Crippen molar-refractivity contribution in [2.45, 2.75) is 0 Å². The molecule has 1 N–H and O–H groups in total. The summed E-state index contributed by atoms with van der Waals surface area (Å²) in [4.78, 5) is 22.9. The average molecular weight is 500 g/mol. The van der Waals surface area contributed by atoms with Gasteiger partial charge in [0, 0.05) is 60.7 Å². The van der Waals surface area contributed by atoms with Crippen molar-refractivity contribution in [3.63, 3.8) is 0 Å². The molecule has 0 bridgehead atoms. The molecule has 1 saturated heterocycles. The largest absolute Gasteiger partial charge is 0.369 e. The average Bonchev–Trinajstić information content (AvgIpc) is 2.90. The number of fused-ring (bicyclic) bond motifs is 3. The van der Waals surface area contributed by atoms with Gasteiger partial charge in [0.05, 0.1) is 22.5 Å². The van der Waals surface area contributed by atoms with E-state index in [1.807, 2.05) is 12.1 Å². The van der Waals surface area contributed by atoms with Crippen molar-refractivity contribution in [1.29, 1.82) is 0 Å². The zero-order valence-corrected chi connectivity index (χ0v) is 20.4. The van der Waals surface area contributed by atoms with Crippen LogP contribution in [0, 0.1) is 5.82 Å². The molecule has 5 aromatic rings. The molecule has 6 rings (SSSR count). The minimum absolute atomic E-state index is 0.250. The van der Waals surface area contributed by atoms with Crippen LogP contribution in [0.1, 0.15) is 0 Å². The Hall–Kier alpha value is -3.88. The summed E-state index contributed by atoms with van der Waals surface area (Å²) >= 11 is 6.36. The summed E-state index contributed by atoms with van der Waals surface area (Å²) in [5.74, 6) is 0.00478. The molecule has 1 aliphatic rings. The van der Waals surface area contributed by atoms with Crippen molar-refractivity contribution >= 4 is 50.7 Å². The van der Waals surface area contributed by atoms with E-state index in [-0.39, 0.29) is 5.56 Å². The van der Waals surface area contributed by atoms with Gasteiger partial charge in [-0.1, -0.05) is 17.7 Å². The summed E-state index contributed by atoms with van der Waals surface area (Å²) < 4.78 is 14.7. The Balaban J connectivity index is 1.35. The predicted octanol–water partition coefficient (Wildman–Crippen LogP) is 5.53. The van der Waals surface area contributed by atoms with Gasteiger partial charge in [-0.25, -0.2) is 19.3 Å². The van der Waals surface area contributed by atoms with Crippen LogP contribution in [0.3, 0.4) is 0 Å². The van der Waals surface area contributed by atoms with Gasteiger partial charge in [0.15, 0.2) is 0 Å². The molecule has 1 fully saturated rings. The number of rotatable bonds is 4. The van der Waals surface area contributed by atoms with E-state index in [1.165, 1.54) is 11.8 Å². The van der Waals surface area contributed by atoms with Crippen LogP contribution in [-0.2, 0) is 0 Å². The number of piperazine rings is 1. The normalized spacial score (nSPS) is 14.5. The lowest BCUT2D eigenvalue weighted by molar-refractivity contribution is 0.313. The number of hydrogen-bond donors (Lipinski definition) is 1. The number of hydrogen-bond acceptors (Lipinski definition) is 7. The predicted molar refractivity (Wildman–Crippen MR) is 142 cm³/mol. The quantitative estimate of drug-likeness (QED) is 0.326. The van der Waals surface area contributed by atoms with E-state index in [1.54, 1.807) is 36.8 Å². The molecule has 0 aliphatic carbocycles. The second-order valence-corrected chi connectivity index (χ2v) is 9.28. The first-order valence-corrected chi connectivity index (χ1v) is 12.1. The van der Waals surface area contributed by atoms with Crippen LogP contribution in [0.2, 0.25) is 5.02 Å². The van der Waals surface area contributed by atoms with E-state index in [0.717, 1.165) is 37.3 Å². The van der Waals surface area contributed by atoms with Gasteiger partial charge in [-0.2, -0.15) is 0 Å². The molecular formula is C27H23ClFN7. The van der Waals surface area contributed by atoms with E-state index in [0.29, 0.717) is 33.1 Å². The number of aromatic nitrogens is 4. The second-order valence-electron chi connectivity index (χ2n) is 8.87. The zero-order chi connectivity index (χ0) is 24.6. The van der Waals surface area contributed by atoms with Gasteiger partial charge in [-0.05, 0) is 49.5 Å². The maximum absolute atomic E-state index is 14.7. The molecule has 1 aliphatic heterocycles. The van der Waals surface area contributed by atoms with Crippen LogP contribution in [0.5, 0.6) is 0 Å². The smallest absolute Gasteiger partial charge is 0.227 e. The van der Waals surface area contributed by atoms with Crippen molar-refractivity contribution in [2.75, 3.05) is 43.4 Å². The van der Waals surface area contributed by atoms with Crippen molar-refractivity contribution in [3.8, 4) is 11.3 Å². The Morgan fingerprint density at radius 3 is 2.50 bits per heavy atom. The monoisotopic (exact) mass is 499 g/mol. The van der Waals surface area contributed by atoms with Gasteiger partial charge in [-0.3, -0.25) is 4.98 Å². The fourth-order valence-corrected chi connectivity index (χ4v) is 4.80. The topological polar surface area (TPSA) is 70.1 Å². The molecule has 2 aromatic carbocycles. The summed E-state index contributed by atoms with van der Waals surface area (Å²) in [6.07, 6.45) is 4.99. The van der Waals surface area contributed by atoms with E-state index in [2.05, 4.69) is 44.3 Å². The number of likely N-dealkylation sites (N-methyl/N-ethyl adjacent to an activating group) is 1. The fraction of sp³-hybridized carbons (Fsp3) is 0.185. The minimum Gasteiger partial charge on any atom is -0.369 e. The highest BCUT2D eigenvalue weighted by atomic mass is 35.5. The molecule has 0 saturated carbocycles. The maximum Gasteiger partial charge on any atom is 0.227 e. The molecule has 3 aromatic heterocycles. The second kappa shape index (κ2) is 9.29. The van der Waals surface area contributed by atoms with Gasteiger partial charge in [0.25, 0.3) is 0 Å². The van der Waals surface area contributed by atoms with Gasteiger partial charge >= 0.3 is 0 Å². The molecule has 0 unspecified atom stereocenters. The van der Waals surface area contributed by atoms with Crippen molar-refractivity contribution in [2.24, 2.45) is 0 Å². The summed E-state index contributed by atoms with van der Waals surface area (Å²) in [5, 5.41) is 5.03. The van der Waals surface area contributed by atoms with Gasteiger partial charge in [-0.15, -0.1) is 0 Å². The van der Waals surface area contributed by atoms with Gasteiger partial charge < -0.3 is 15.1 Å². The lowest BCUT2D eigenvalue weighted by Gasteiger charge is -2.34. The van der Waals surface area contributed by atoms with E-state index >= 15 is 0 Å². The van der Waals surface area contributed by atoms with E-state index < -0.39 is 5.82 Å². The third-order valence-electron chi connectivity index (χ3n) is 6.52. The number of nitrogens with one attached hydrogen (secondary N) is 1. The first-order valence-electron chi connectivity index (χ1n) is 11.7. The van der Waals surface area contributed by atoms with Crippen molar-refractivity contribution in [1.82, 2.24) is 24.8 Å². The molecule has 36 heavy (non-hydrogen) atoms. The molecular weight excluding hydrogens is 477 g/mol. The summed E-state index contributed by atoms with van der Waals surface area (Å²) in [5.41, 5.74) is 3.93. The van der Waals surface area contributed by atoms with Crippen LogP contribution < -0.4 is 10.2 Å². The van der Waals surface area contributed by atoms with Crippen LogP contribution in [-0.4, -0.2) is 58.1 Å². The fourth-order valence-electron chi connectivity index (χ4n) is 4.55. The lowest BCUT2D eigenvalue weighted by atomic mass is 10.0. The molecule has 9 heteroatoms. The van der Waals surface area contributed by atoms with Crippen molar-refractivity contribution in [3.05, 3.63) is 78.0 Å². The third kappa shape index (κ3) is 4.19. The highest BCUT2D eigenvalue weighted by Gasteiger charge is 2.18. The first kappa shape index (κ1) is 22.6. The van der Waals surface area contributed by atoms with Crippen molar-refractivity contribution < 1.29 is 4.39 Å². The molecule has 180 valence electrons. The highest BCUT2D eigenvalue weighted by Crippen LogP contribution is 2.36. The molecule has 0 amide bonds. The zero-order valence-electron chi connectivity index (χ0n) is 19.6. The molecule has 0 radical (unpaired) electrons. The number of halogens is 2.